The lowest BCUT2D eigenvalue weighted by atomic mass is 10.1. The van der Waals surface area contributed by atoms with Gasteiger partial charge in [-0.3, -0.25) is 4.79 Å². The van der Waals surface area contributed by atoms with Crippen LogP contribution in [0, 0.1) is 3.57 Å². The smallest absolute Gasteiger partial charge is 0.315 e. The molecule has 0 bridgehead atoms. The van der Waals surface area contributed by atoms with Crippen LogP contribution in [0.2, 0.25) is 0 Å². The first-order chi connectivity index (χ1) is 9.17. The first-order valence-corrected chi connectivity index (χ1v) is 6.84. The van der Waals surface area contributed by atoms with E-state index in [1.807, 2.05) is 36.4 Å². The van der Waals surface area contributed by atoms with Crippen LogP contribution < -0.4 is 9.47 Å². The van der Waals surface area contributed by atoms with Gasteiger partial charge in [-0.1, -0.05) is 12.1 Å². The Morgan fingerprint density at radius 3 is 2.16 bits per heavy atom. The van der Waals surface area contributed by atoms with Crippen molar-refractivity contribution < 1.29 is 14.3 Å². The molecule has 0 saturated heterocycles. The molecule has 0 aliphatic rings. The molecule has 0 aromatic heterocycles. The number of hydrogen-bond donors (Lipinski definition) is 0. The summed E-state index contributed by atoms with van der Waals surface area (Å²) >= 11 is 2.20. The molecule has 2 aromatic rings. The fourth-order valence-corrected chi connectivity index (χ4v) is 1.94. The van der Waals surface area contributed by atoms with Crippen LogP contribution >= 0.6 is 22.6 Å². The summed E-state index contributed by atoms with van der Waals surface area (Å²) in [6.45, 7) is 0. The Labute approximate surface area is 125 Å². The molecule has 0 heterocycles. The van der Waals surface area contributed by atoms with Crippen molar-refractivity contribution in [2.45, 2.75) is 6.42 Å². The van der Waals surface area contributed by atoms with Gasteiger partial charge in [-0.05, 0) is 64.6 Å². The highest BCUT2D eigenvalue weighted by Gasteiger charge is 2.06. The Hall–Kier alpha value is -1.56. The third-order valence-electron chi connectivity index (χ3n) is 2.55. The summed E-state index contributed by atoms with van der Waals surface area (Å²) in [5.74, 6) is 1.07. The highest BCUT2D eigenvalue weighted by atomic mass is 127. The van der Waals surface area contributed by atoms with Crippen LogP contribution in [0.15, 0.2) is 48.5 Å². The van der Waals surface area contributed by atoms with Gasteiger partial charge in [0, 0.05) is 3.57 Å². The minimum atomic E-state index is -0.272. The lowest BCUT2D eigenvalue weighted by Crippen LogP contribution is -2.11. The molecular weight excluding hydrogens is 355 g/mol. The number of esters is 1. The summed E-state index contributed by atoms with van der Waals surface area (Å²) in [6, 6.07) is 14.7. The van der Waals surface area contributed by atoms with Gasteiger partial charge >= 0.3 is 5.97 Å². The summed E-state index contributed by atoms with van der Waals surface area (Å²) in [7, 11) is 1.61. The SMILES string of the molecule is COc1ccc(CC(=O)Oc2ccc(I)cc2)cc1. The van der Waals surface area contributed by atoms with Crippen LogP contribution in [0.25, 0.3) is 0 Å². The normalized spacial score (nSPS) is 10.0. The van der Waals surface area contributed by atoms with Crippen LogP contribution in [0.4, 0.5) is 0 Å². The lowest BCUT2D eigenvalue weighted by Gasteiger charge is -2.05. The first-order valence-electron chi connectivity index (χ1n) is 5.76. The van der Waals surface area contributed by atoms with Crippen molar-refractivity contribution in [3.8, 4) is 11.5 Å². The zero-order valence-electron chi connectivity index (χ0n) is 10.4. The largest absolute Gasteiger partial charge is 0.497 e. The molecule has 0 amide bonds. The number of ether oxygens (including phenoxy) is 2. The molecule has 19 heavy (non-hydrogen) atoms. The van der Waals surface area contributed by atoms with E-state index in [1.165, 1.54) is 0 Å². The molecule has 3 nitrogen and oxygen atoms in total. The maximum Gasteiger partial charge on any atom is 0.315 e. The summed E-state index contributed by atoms with van der Waals surface area (Å²) in [5, 5.41) is 0. The predicted octanol–water partition coefficient (Wildman–Crippen LogP) is 3.45. The van der Waals surface area contributed by atoms with Gasteiger partial charge in [-0.15, -0.1) is 0 Å². The molecule has 0 N–H and O–H groups in total. The monoisotopic (exact) mass is 368 g/mol. The lowest BCUT2D eigenvalue weighted by molar-refractivity contribution is -0.133. The molecule has 0 fully saturated rings. The van der Waals surface area contributed by atoms with Gasteiger partial charge in [-0.25, -0.2) is 0 Å². The van der Waals surface area contributed by atoms with Crippen LogP contribution in [0.3, 0.4) is 0 Å². The molecule has 4 heteroatoms. The van der Waals surface area contributed by atoms with Crippen LogP contribution in [0.5, 0.6) is 11.5 Å². The topological polar surface area (TPSA) is 35.5 Å². The Balaban J connectivity index is 1.95. The summed E-state index contributed by atoms with van der Waals surface area (Å²) < 4.78 is 11.4. The highest BCUT2D eigenvalue weighted by molar-refractivity contribution is 14.1. The van der Waals surface area contributed by atoms with Crippen LogP contribution in [-0.4, -0.2) is 13.1 Å². The van der Waals surface area contributed by atoms with E-state index < -0.39 is 0 Å². The van der Waals surface area contributed by atoms with E-state index in [1.54, 1.807) is 19.2 Å². The maximum atomic E-state index is 11.8. The molecule has 2 rings (SSSR count). The standard InChI is InChI=1S/C15H13IO3/c1-18-13-6-2-11(3-7-13)10-15(17)19-14-8-4-12(16)5-9-14/h2-9H,10H2,1H3. The number of carbonyl (C=O) groups is 1. The van der Waals surface area contributed by atoms with E-state index in [4.69, 9.17) is 9.47 Å². The second-order valence-electron chi connectivity index (χ2n) is 3.95. The van der Waals surface area contributed by atoms with E-state index in [9.17, 15) is 4.79 Å². The van der Waals surface area contributed by atoms with E-state index in [2.05, 4.69) is 22.6 Å². The molecule has 0 atom stereocenters. The minimum Gasteiger partial charge on any atom is -0.497 e. The average Bonchev–Trinajstić information content (AvgIpc) is 2.42. The van der Waals surface area contributed by atoms with E-state index in [0.29, 0.717) is 5.75 Å². The van der Waals surface area contributed by atoms with Crippen molar-refractivity contribution in [2.24, 2.45) is 0 Å². The van der Waals surface area contributed by atoms with E-state index in [0.717, 1.165) is 14.9 Å². The van der Waals surface area contributed by atoms with Gasteiger partial charge < -0.3 is 9.47 Å². The van der Waals surface area contributed by atoms with Gasteiger partial charge in [0.25, 0.3) is 0 Å². The van der Waals surface area contributed by atoms with E-state index in [-0.39, 0.29) is 12.4 Å². The quantitative estimate of drug-likeness (QED) is 0.471. The Bertz CT molecular complexity index is 547. The number of halogens is 1. The highest BCUT2D eigenvalue weighted by Crippen LogP contribution is 2.15. The summed E-state index contributed by atoms with van der Waals surface area (Å²) in [4.78, 5) is 11.8. The maximum absolute atomic E-state index is 11.8. The number of benzene rings is 2. The molecule has 0 unspecified atom stereocenters. The molecule has 0 spiro atoms. The van der Waals surface area contributed by atoms with Crippen LogP contribution in [-0.2, 0) is 11.2 Å². The molecule has 98 valence electrons. The number of carbonyl (C=O) groups excluding carboxylic acids is 1. The van der Waals surface area contributed by atoms with Crippen molar-refractivity contribution in [3.05, 3.63) is 57.7 Å². The van der Waals surface area contributed by atoms with Gasteiger partial charge in [0.2, 0.25) is 0 Å². The molecule has 0 aliphatic heterocycles. The fraction of sp³-hybridized carbons (Fsp3) is 0.133. The van der Waals surface area contributed by atoms with Crippen molar-refractivity contribution in [3.63, 3.8) is 0 Å². The zero-order valence-corrected chi connectivity index (χ0v) is 12.6. The zero-order chi connectivity index (χ0) is 13.7. The van der Waals surface area contributed by atoms with E-state index >= 15 is 0 Å². The van der Waals surface area contributed by atoms with Crippen molar-refractivity contribution >= 4 is 28.6 Å². The van der Waals surface area contributed by atoms with Gasteiger partial charge in [0.05, 0.1) is 13.5 Å². The summed E-state index contributed by atoms with van der Waals surface area (Å²) in [5.41, 5.74) is 0.899. The second kappa shape index (κ2) is 6.56. The van der Waals surface area contributed by atoms with Gasteiger partial charge in [0.15, 0.2) is 0 Å². The Morgan fingerprint density at radius 2 is 1.58 bits per heavy atom. The first kappa shape index (κ1) is 13.9. The predicted molar refractivity (Wildman–Crippen MR) is 81.5 cm³/mol. The number of rotatable bonds is 4. The molecule has 0 aliphatic carbocycles. The summed E-state index contributed by atoms with van der Waals surface area (Å²) in [6.07, 6.45) is 0.246. The molecular formula is C15H13IO3. The Kier molecular flexibility index (Phi) is 4.79. The number of hydrogen-bond acceptors (Lipinski definition) is 3. The van der Waals surface area contributed by atoms with Crippen molar-refractivity contribution in [1.29, 1.82) is 0 Å². The van der Waals surface area contributed by atoms with Gasteiger partial charge in [-0.2, -0.15) is 0 Å². The third kappa shape index (κ3) is 4.24. The second-order valence-corrected chi connectivity index (χ2v) is 5.20. The molecule has 2 aromatic carbocycles. The van der Waals surface area contributed by atoms with Crippen LogP contribution in [0.1, 0.15) is 5.56 Å². The minimum absolute atomic E-state index is 0.246. The van der Waals surface area contributed by atoms with Crippen molar-refractivity contribution in [2.75, 3.05) is 7.11 Å². The number of methoxy groups -OCH3 is 1. The average molecular weight is 368 g/mol. The Morgan fingerprint density at radius 1 is 1.00 bits per heavy atom. The van der Waals surface area contributed by atoms with Gasteiger partial charge in [0.1, 0.15) is 11.5 Å². The molecule has 0 radical (unpaired) electrons. The molecule has 0 saturated carbocycles. The third-order valence-corrected chi connectivity index (χ3v) is 3.27. The van der Waals surface area contributed by atoms with Crippen molar-refractivity contribution in [1.82, 2.24) is 0 Å². The fourth-order valence-electron chi connectivity index (χ4n) is 1.58.